The molecule has 0 radical (unpaired) electrons. The summed E-state index contributed by atoms with van der Waals surface area (Å²) in [6.45, 7) is 4.00. The summed E-state index contributed by atoms with van der Waals surface area (Å²) in [5, 5.41) is 2.71. The van der Waals surface area contributed by atoms with Gasteiger partial charge in [-0.15, -0.1) is 0 Å². The number of amides is 1. The minimum Gasteiger partial charge on any atom is -0.325 e. The largest absolute Gasteiger partial charge is 0.325 e. The van der Waals surface area contributed by atoms with Crippen LogP contribution in [0.3, 0.4) is 0 Å². The first-order valence-electron chi connectivity index (χ1n) is 6.50. The smallest absolute Gasteiger partial charge is 0.241 e. The molecule has 1 aromatic rings. The second-order valence-electron chi connectivity index (χ2n) is 5.50. The molecule has 0 heterocycles. The van der Waals surface area contributed by atoms with Gasteiger partial charge >= 0.3 is 0 Å². The summed E-state index contributed by atoms with van der Waals surface area (Å²) >= 11 is 0. The Morgan fingerprint density at radius 3 is 2.55 bits per heavy atom. The highest BCUT2D eigenvalue weighted by molar-refractivity contribution is 7.89. The average Bonchev–Trinajstić information content (AvgIpc) is 2.25. The number of hydrogen-bond acceptors (Lipinski definition) is 4. The third-order valence-corrected chi connectivity index (χ3v) is 3.54. The number of nitrogens with one attached hydrogen (secondary N) is 1. The molecular formula is C14H22N2O3S. The molecule has 1 rings (SSSR count). The van der Waals surface area contributed by atoms with Gasteiger partial charge in [0, 0.05) is 11.9 Å². The molecule has 0 aliphatic rings. The fourth-order valence-corrected chi connectivity index (χ4v) is 2.68. The molecule has 0 unspecified atom stereocenters. The van der Waals surface area contributed by atoms with Crippen LogP contribution in [0.25, 0.3) is 0 Å². The molecule has 0 saturated heterocycles. The average molecular weight is 298 g/mol. The summed E-state index contributed by atoms with van der Waals surface area (Å²) in [5.74, 6) is 0.0388. The van der Waals surface area contributed by atoms with Crippen molar-refractivity contribution in [3.63, 3.8) is 0 Å². The van der Waals surface area contributed by atoms with Crippen molar-refractivity contribution in [1.29, 1.82) is 0 Å². The van der Waals surface area contributed by atoms with Crippen LogP contribution in [0.15, 0.2) is 24.3 Å². The minimum absolute atomic E-state index is 0.0469. The highest BCUT2D eigenvalue weighted by atomic mass is 32.2. The number of benzene rings is 1. The van der Waals surface area contributed by atoms with E-state index in [0.717, 1.165) is 0 Å². The summed E-state index contributed by atoms with van der Waals surface area (Å²) in [6, 6.07) is 6.23. The van der Waals surface area contributed by atoms with Crippen molar-refractivity contribution in [2.45, 2.75) is 32.1 Å². The molecule has 3 N–H and O–H groups in total. The van der Waals surface area contributed by atoms with Crippen LogP contribution in [-0.2, 0) is 20.4 Å². The summed E-state index contributed by atoms with van der Waals surface area (Å²) in [7, 11) is -3.09. The number of nitrogens with two attached hydrogens (primary N) is 1. The van der Waals surface area contributed by atoms with Gasteiger partial charge in [0.25, 0.3) is 0 Å². The zero-order chi connectivity index (χ0) is 15.3. The number of anilines is 1. The van der Waals surface area contributed by atoms with Gasteiger partial charge in [0.1, 0.15) is 0 Å². The molecule has 0 saturated carbocycles. The Morgan fingerprint density at radius 1 is 1.35 bits per heavy atom. The van der Waals surface area contributed by atoms with E-state index in [-0.39, 0.29) is 11.7 Å². The predicted molar refractivity (Wildman–Crippen MR) is 81.0 cm³/mol. The van der Waals surface area contributed by atoms with Crippen molar-refractivity contribution >= 4 is 21.4 Å². The van der Waals surface area contributed by atoms with Crippen LogP contribution in [0.5, 0.6) is 0 Å². The summed E-state index contributed by atoms with van der Waals surface area (Å²) < 4.78 is 22.5. The van der Waals surface area contributed by atoms with E-state index in [1.54, 1.807) is 24.3 Å². The molecule has 6 heteroatoms. The Kier molecular flexibility index (Phi) is 5.71. The molecule has 112 valence electrons. The lowest BCUT2D eigenvalue weighted by atomic mass is 10.0. The Labute approximate surface area is 120 Å². The number of hydrogen-bond donors (Lipinski definition) is 2. The third kappa shape index (κ3) is 6.16. The standard InChI is InChI=1S/C14H22N2O3S/c1-10(2)7-13(15)14(17)16-12-6-4-5-11(8-12)9-20(3,18)19/h4-6,8,10,13H,7,9,15H2,1-3H3,(H,16,17)/t13-/m0/s1. The van der Waals surface area contributed by atoms with E-state index in [0.29, 0.717) is 23.6 Å². The molecule has 0 bridgehead atoms. The fourth-order valence-electron chi connectivity index (χ4n) is 1.89. The van der Waals surface area contributed by atoms with Crippen molar-refractivity contribution in [3.05, 3.63) is 29.8 Å². The maximum Gasteiger partial charge on any atom is 0.241 e. The van der Waals surface area contributed by atoms with Crippen LogP contribution in [-0.4, -0.2) is 26.6 Å². The Morgan fingerprint density at radius 2 is 2.00 bits per heavy atom. The van der Waals surface area contributed by atoms with Crippen LogP contribution in [0, 0.1) is 5.92 Å². The number of carbonyl (C=O) groups excluding carboxylic acids is 1. The highest BCUT2D eigenvalue weighted by Gasteiger charge is 2.15. The molecule has 0 aromatic heterocycles. The zero-order valence-corrected chi connectivity index (χ0v) is 12.9. The lowest BCUT2D eigenvalue weighted by molar-refractivity contribution is -0.117. The maximum atomic E-state index is 11.9. The summed E-state index contributed by atoms with van der Waals surface area (Å²) in [5.41, 5.74) is 7.00. The van der Waals surface area contributed by atoms with E-state index in [2.05, 4.69) is 5.32 Å². The van der Waals surface area contributed by atoms with Crippen LogP contribution in [0.1, 0.15) is 25.8 Å². The van der Waals surface area contributed by atoms with E-state index in [9.17, 15) is 13.2 Å². The molecular weight excluding hydrogens is 276 g/mol. The van der Waals surface area contributed by atoms with Gasteiger partial charge in [-0.05, 0) is 30.0 Å². The van der Waals surface area contributed by atoms with E-state index >= 15 is 0 Å². The molecule has 1 amide bonds. The topological polar surface area (TPSA) is 89.3 Å². The second kappa shape index (κ2) is 6.85. The van der Waals surface area contributed by atoms with E-state index < -0.39 is 15.9 Å². The predicted octanol–water partition coefficient (Wildman–Crippen LogP) is 1.54. The first kappa shape index (κ1) is 16.7. The number of sulfone groups is 1. The van der Waals surface area contributed by atoms with E-state index in [1.807, 2.05) is 13.8 Å². The van der Waals surface area contributed by atoms with E-state index in [1.165, 1.54) is 6.26 Å². The highest BCUT2D eigenvalue weighted by Crippen LogP contribution is 2.14. The SMILES string of the molecule is CC(C)C[C@H](N)C(=O)Nc1cccc(CS(C)(=O)=O)c1. The van der Waals surface area contributed by atoms with Crippen LogP contribution in [0.2, 0.25) is 0 Å². The first-order valence-corrected chi connectivity index (χ1v) is 8.56. The van der Waals surface area contributed by atoms with Crippen molar-refractivity contribution in [2.24, 2.45) is 11.7 Å². The third-order valence-electron chi connectivity index (χ3n) is 2.69. The van der Waals surface area contributed by atoms with Gasteiger partial charge in [-0.3, -0.25) is 4.79 Å². The van der Waals surface area contributed by atoms with Crippen molar-refractivity contribution in [2.75, 3.05) is 11.6 Å². The maximum absolute atomic E-state index is 11.9. The van der Waals surface area contributed by atoms with Gasteiger partial charge in [-0.1, -0.05) is 26.0 Å². The Hall–Kier alpha value is -1.40. The first-order chi connectivity index (χ1) is 9.17. The normalized spacial score (nSPS) is 13.2. The van der Waals surface area contributed by atoms with Crippen molar-refractivity contribution < 1.29 is 13.2 Å². The van der Waals surface area contributed by atoms with Gasteiger partial charge in [0.15, 0.2) is 9.84 Å². The molecule has 0 spiro atoms. The van der Waals surface area contributed by atoms with Crippen LogP contribution < -0.4 is 11.1 Å². The lowest BCUT2D eigenvalue weighted by Gasteiger charge is -2.14. The van der Waals surface area contributed by atoms with Crippen molar-refractivity contribution in [3.8, 4) is 0 Å². The second-order valence-corrected chi connectivity index (χ2v) is 7.64. The number of carbonyl (C=O) groups is 1. The van der Waals surface area contributed by atoms with Gasteiger partial charge in [0.2, 0.25) is 5.91 Å². The van der Waals surface area contributed by atoms with Crippen LogP contribution >= 0.6 is 0 Å². The summed E-state index contributed by atoms with van der Waals surface area (Å²) in [6.07, 6.45) is 1.78. The number of rotatable bonds is 6. The molecule has 0 aliphatic heterocycles. The molecule has 1 atom stereocenters. The van der Waals surface area contributed by atoms with Gasteiger partial charge in [-0.2, -0.15) is 0 Å². The monoisotopic (exact) mass is 298 g/mol. The fraction of sp³-hybridized carbons (Fsp3) is 0.500. The zero-order valence-electron chi connectivity index (χ0n) is 12.1. The Bertz CT molecular complexity index is 568. The lowest BCUT2D eigenvalue weighted by Crippen LogP contribution is -2.36. The minimum atomic E-state index is -3.09. The molecule has 5 nitrogen and oxygen atoms in total. The molecule has 1 aromatic carbocycles. The van der Waals surface area contributed by atoms with Gasteiger partial charge in [0.05, 0.1) is 11.8 Å². The van der Waals surface area contributed by atoms with E-state index in [4.69, 9.17) is 5.73 Å². The van der Waals surface area contributed by atoms with Gasteiger partial charge < -0.3 is 11.1 Å². The molecule has 20 heavy (non-hydrogen) atoms. The summed E-state index contributed by atoms with van der Waals surface area (Å²) in [4.78, 5) is 11.9. The Balaban J connectivity index is 2.73. The van der Waals surface area contributed by atoms with Crippen LogP contribution in [0.4, 0.5) is 5.69 Å². The molecule has 0 fully saturated rings. The molecule has 0 aliphatic carbocycles. The van der Waals surface area contributed by atoms with Crippen molar-refractivity contribution in [1.82, 2.24) is 0 Å². The quantitative estimate of drug-likeness (QED) is 0.833. The van der Waals surface area contributed by atoms with Gasteiger partial charge in [-0.25, -0.2) is 8.42 Å².